The van der Waals surface area contributed by atoms with Crippen LogP contribution in [0.15, 0.2) is 26.5 Å². The number of aliphatic hydroxyl groups is 3. The highest BCUT2D eigenvalue weighted by molar-refractivity contribution is 5.88. The maximum absolute atomic E-state index is 10.8. The summed E-state index contributed by atoms with van der Waals surface area (Å²) >= 11 is 0. The number of rotatable bonds is 5. The van der Waals surface area contributed by atoms with E-state index in [-0.39, 0.29) is 0 Å². The molecule has 0 amide bonds. The molecule has 0 aliphatic heterocycles. The number of carbonyl (C=O) groups is 1. The third-order valence-corrected chi connectivity index (χ3v) is 3.54. The van der Waals surface area contributed by atoms with E-state index in [4.69, 9.17) is 5.11 Å². The van der Waals surface area contributed by atoms with Crippen LogP contribution in [0.3, 0.4) is 0 Å². The van der Waals surface area contributed by atoms with Gasteiger partial charge in [0, 0.05) is 5.57 Å². The second-order valence-corrected chi connectivity index (χ2v) is 5.11. The lowest BCUT2D eigenvalue weighted by atomic mass is 9.68. The molecule has 0 bridgehead atoms. The Labute approximate surface area is 135 Å². The van der Waals surface area contributed by atoms with Crippen LogP contribution >= 0.6 is 0 Å². The molecule has 0 radical (unpaired) electrons. The molecule has 0 aromatic carbocycles. The Morgan fingerprint density at radius 3 is 1.25 bits per heavy atom. The smallest absolute Gasteiger partial charge is 0.331 e. The topological polar surface area (TPSA) is 197 Å². The van der Waals surface area contributed by atoms with E-state index in [9.17, 15) is 34.5 Å². The van der Waals surface area contributed by atoms with Crippen molar-refractivity contribution in [3.8, 4) is 0 Å². The predicted molar refractivity (Wildman–Crippen MR) is 82.6 cm³/mol. The first-order chi connectivity index (χ1) is 10.9. The van der Waals surface area contributed by atoms with Crippen molar-refractivity contribution in [2.75, 3.05) is 0 Å². The standard InChI is InChI=1S/C10H18O5.C3H3N3O3/c1-5(9(14)15)10(6(2)11,7(3)12)8(4)13;7-1-4-2(8)6-3(9)5-1/h6-8,11-13H,1H2,2-4H3,(H,14,15);(H3,4,5,6,7,8,9). The van der Waals surface area contributed by atoms with E-state index in [1.54, 1.807) is 15.0 Å². The highest BCUT2D eigenvalue weighted by Gasteiger charge is 2.49. The van der Waals surface area contributed by atoms with Crippen molar-refractivity contribution in [3.05, 3.63) is 43.6 Å². The van der Waals surface area contributed by atoms with Crippen molar-refractivity contribution in [1.29, 1.82) is 0 Å². The molecule has 24 heavy (non-hydrogen) atoms. The predicted octanol–water partition coefficient (Wildman–Crippen LogP) is -2.49. The lowest BCUT2D eigenvalue weighted by Crippen LogP contribution is -2.53. The first-order valence-electron chi connectivity index (χ1n) is 6.77. The summed E-state index contributed by atoms with van der Waals surface area (Å²) in [6.07, 6.45) is -3.66. The second-order valence-electron chi connectivity index (χ2n) is 5.11. The molecule has 0 aliphatic carbocycles. The van der Waals surface area contributed by atoms with E-state index < -0.39 is 52.3 Å². The Bertz CT molecular complexity index is 640. The normalized spacial score (nSPS) is 16.8. The highest BCUT2D eigenvalue weighted by atomic mass is 16.4. The van der Waals surface area contributed by atoms with E-state index in [2.05, 4.69) is 6.58 Å². The van der Waals surface area contributed by atoms with Crippen LogP contribution in [0, 0.1) is 5.41 Å². The van der Waals surface area contributed by atoms with Crippen molar-refractivity contribution in [2.24, 2.45) is 5.41 Å². The summed E-state index contributed by atoms with van der Waals surface area (Å²) in [5, 5.41) is 37.6. The Hall–Kier alpha value is -2.50. The zero-order valence-electron chi connectivity index (χ0n) is 13.4. The van der Waals surface area contributed by atoms with Gasteiger partial charge in [0.1, 0.15) is 0 Å². The van der Waals surface area contributed by atoms with Crippen molar-refractivity contribution in [3.63, 3.8) is 0 Å². The van der Waals surface area contributed by atoms with Crippen molar-refractivity contribution in [2.45, 2.75) is 39.1 Å². The minimum atomic E-state index is -1.65. The number of aromatic amines is 3. The third-order valence-electron chi connectivity index (χ3n) is 3.54. The molecule has 7 N–H and O–H groups in total. The van der Waals surface area contributed by atoms with Crippen molar-refractivity contribution < 1.29 is 25.2 Å². The van der Waals surface area contributed by atoms with Crippen LogP contribution < -0.4 is 17.1 Å². The molecule has 136 valence electrons. The van der Waals surface area contributed by atoms with E-state index in [0.717, 1.165) is 0 Å². The van der Waals surface area contributed by atoms with Crippen LogP contribution in [0.25, 0.3) is 0 Å². The number of nitrogens with one attached hydrogen (secondary N) is 3. The highest BCUT2D eigenvalue weighted by Crippen LogP contribution is 2.38. The first-order valence-corrected chi connectivity index (χ1v) is 6.77. The van der Waals surface area contributed by atoms with Crippen LogP contribution in [-0.2, 0) is 4.79 Å². The van der Waals surface area contributed by atoms with Gasteiger partial charge >= 0.3 is 23.0 Å². The van der Waals surface area contributed by atoms with Gasteiger partial charge in [0.2, 0.25) is 0 Å². The molecule has 3 atom stereocenters. The summed E-state index contributed by atoms with van der Waals surface area (Å²) in [5.41, 5.74) is -4.45. The van der Waals surface area contributed by atoms with Gasteiger partial charge in [-0.25, -0.2) is 19.2 Å². The molecule has 0 saturated heterocycles. The zero-order valence-corrected chi connectivity index (χ0v) is 13.4. The number of hydrogen-bond donors (Lipinski definition) is 7. The summed E-state index contributed by atoms with van der Waals surface area (Å²) in [6.45, 7) is 7.25. The minimum Gasteiger partial charge on any atom is -0.478 e. The van der Waals surface area contributed by atoms with Crippen molar-refractivity contribution in [1.82, 2.24) is 15.0 Å². The van der Waals surface area contributed by atoms with E-state index in [1.807, 2.05) is 0 Å². The maximum Gasteiger partial charge on any atom is 0.331 e. The van der Waals surface area contributed by atoms with E-state index >= 15 is 0 Å². The first kappa shape index (κ1) is 21.5. The monoisotopic (exact) mass is 347 g/mol. The van der Waals surface area contributed by atoms with E-state index in [1.165, 1.54) is 20.8 Å². The average molecular weight is 347 g/mol. The zero-order chi connectivity index (χ0) is 19.2. The Balaban J connectivity index is 0.000000496. The summed E-state index contributed by atoms with van der Waals surface area (Å²) in [5.74, 6) is -1.35. The second kappa shape index (κ2) is 8.38. The van der Waals surface area contributed by atoms with Gasteiger partial charge in [-0.05, 0) is 20.8 Å². The number of hydrogen-bond acceptors (Lipinski definition) is 7. The molecule has 0 fully saturated rings. The van der Waals surface area contributed by atoms with Gasteiger partial charge in [0.15, 0.2) is 0 Å². The SMILES string of the molecule is C=C(C(=O)O)C(C(C)O)(C(C)O)C(C)O.O=c1[nH]c(=O)[nH]c(=O)[nH]1. The van der Waals surface area contributed by atoms with Crippen LogP contribution in [0.2, 0.25) is 0 Å². The maximum atomic E-state index is 10.8. The molecule has 1 rings (SSSR count). The van der Waals surface area contributed by atoms with Gasteiger partial charge in [-0.15, -0.1) is 0 Å². The number of carboxylic acids is 1. The molecule has 3 unspecified atom stereocenters. The third kappa shape index (κ3) is 4.75. The number of aliphatic hydroxyl groups excluding tert-OH is 3. The molecule has 1 aromatic heterocycles. The lowest BCUT2D eigenvalue weighted by molar-refractivity contribution is -0.143. The van der Waals surface area contributed by atoms with Crippen LogP contribution in [0.4, 0.5) is 0 Å². The van der Waals surface area contributed by atoms with Gasteiger partial charge in [-0.1, -0.05) is 6.58 Å². The van der Waals surface area contributed by atoms with Gasteiger partial charge in [0.05, 0.1) is 23.7 Å². The molecular formula is C13H21N3O8. The number of H-pyrrole nitrogens is 3. The molecular weight excluding hydrogens is 326 g/mol. The van der Waals surface area contributed by atoms with Crippen LogP contribution in [0.1, 0.15) is 20.8 Å². The van der Waals surface area contributed by atoms with Gasteiger partial charge < -0.3 is 20.4 Å². The molecule has 11 heteroatoms. The number of aromatic nitrogens is 3. The number of carboxylic acid groups (broad SMARTS) is 1. The lowest BCUT2D eigenvalue weighted by Gasteiger charge is -2.41. The Kier molecular flexibility index (Phi) is 7.51. The summed E-state index contributed by atoms with van der Waals surface area (Å²) in [4.78, 5) is 46.7. The van der Waals surface area contributed by atoms with Crippen LogP contribution in [-0.4, -0.2) is 59.7 Å². The summed E-state index contributed by atoms with van der Waals surface area (Å²) in [6, 6.07) is 0. The molecule has 1 heterocycles. The minimum absolute atomic E-state index is 0.400. The number of aliphatic carboxylic acids is 1. The Morgan fingerprint density at radius 2 is 1.12 bits per heavy atom. The molecule has 0 spiro atoms. The fourth-order valence-corrected chi connectivity index (χ4v) is 2.39. The largest absolute Gasteiger partial charge is 0.478 e. The average Bonchev–Trinajstić information content (AvgIpc) is 2.36. The van der Waals surface area contributed by atoms with Crippen LogP contribution in [0.5, 0.6) is 0 Å². The molecule has 11 nitrogen and oxygen atoms in total. The molecule has 0 saturated carbocycles. The summed E-state index contributed by atoms with van der Waals surface area (Å²) in [7, 11) is 0. The Morgan fingerprint density at radius 1 is 0.875 bits per heavy atom. The molecule has 1 aromatic rings. The fourth-order valence-electron chi connectivity index (χ4n) is 2.39. The van der Waals surface area contributed by atoms with Crippen molar-refractivity contribution >= 4 is 5.97 Å². The fraction of sp³-hybridized carbons (Fsp3) is 0.538. The molecule has 0 aliphatic rings. The van der Waals surface area contributed by atoms with E-state index in [0.29, 0.717) is 0 Å². The van der Waals surface area contributed by atoms with Gasteiger partial charge in [0.25, 0.3) is 0 Å². The quantitative estimate of drug-likeness (QED) is 0.284. The van der Waals surface area contributed by atoms with Gasteiger partial charge in [-0.3, -0.25) is 15.0 Å². The van der Waals surface area contributed by atoms with Gasteiger partial charge in [-0.2, -0.15) is 0 Å². The summed E-state index contributed by atoms with van der Waals surface area (Å²) < 4.78 is 0.